The van der Waals surface area contributed by atoms with E-state index in [4.69, 9.17) is 24.1 Å². The minimum Gasteiger partial charge on any atom is -0.475 e. The number of aliphatic carboxylic acids is 1. The highest BCUT2D eigenvalue weighted by Crippen LogP contribution is 2.37. The van der Waals surface area contributed by atoms with Crippen molar-refractivity contribution in [3.8, 4) is 22.6 Å². The second kappa shape index (κ2) is 9.49. The quantitative estimate of drug-likeness (QED) is 0.592. The van der Waals surface area contributed by atoms with Gasteiger partial charge in [-0.15, -0.1) is 0 Å². The first kappa shape index (κ1) is 22.6. The summed E-state index contributed by atoms with van der Waals surface area (Å²) in [5.41, 5.74) is 3.08. The van der Waals surface area contributed by atoms with E-state index in [1.54, 1.807) is 6.33 Å². The van der Waals surface area contributed by atoms with E-state index < -0.39 is 12.1 Å². The summed E-state index contributed by atoms with van der Waals surface area (Å²) < 4.78 is 48.3. The van der Waals surface area contributed by atoms with Crippen LogP contribution in [0.25, 0.3) is 22.0 Å². The molecule has 11 heteroatoms. The molecule has 1 fully saturated rings. The van der Waals surface area contributed by atoms with Gasteiger partial charge in [-0.25, -0.2) is 14.8 Å². The fourth-order valence-electron chi connectivity index (χ4n) is 3.47. The number of benzene rings is 2. The van der Waals surface area contributed by atoms with E-state index in [0.717, 1.165) is 65.3 Å². The molecule has 2 aliphatic rings. The zero-order valence-corrected chi connectivity index (χ0v) is 17.3. The van der Waals surface area contributed by atoms with Gasteiger partial charge in [-0.1, -0.05) is 12.1 Å². The third kappa shape index (κ3) is 5.43. The SMILES string of the molecule is O=C(O)C(F)(F)F.c1nc(NC[C@@H]2CCCO2)c2cc(-c3ccc4c(c3)OCO4)ccc2n1. The maximum Gasteiger partial charge on any atom is 0.490 e. The molecule has 3 aromatic rings. The van der Waals surface area contributed by atoms with Gasteiger partial charge in [-0.3, -0.25) is 0 Å². The first-order valence-electron chi connectivity index (χ1n) is 10.1. The first-order valence-corrected chi connectivity index (χ1v) is 10.1. The van der Waals surface area contributed by atoms with Gasteiger partial charge < -0.3 is 24.6 Å². The number of ether oxygens (including phenoxy) is 3. The predicted octanol–water partition coefficient (Wildman–Crippen LogP) is 4.25. The zero-order valence-electron chi connectivity index (χ0n) is 17.3. The second-order valence-corrected chi connectivity index (χ2v) is 7.34. The molecule has 2 aliphatic heterocycles. The van der Waals surface area contributed by atoms with Crippen LogP contribution in [-0.2, 0) is 9.53 Å². The van der Waals surface area contributed by atoms with Crippen LogP contribution in [0.5, 0.6) is 11.5 Å². The second-order valence-electron chi connectivity index (χ2n) is 7.34. The van der Waals surface area contributed by atoms with Crippen LogP contribution in [0.1, 0.15) is 12.8 Å². The molecular weight excluding hydrogens is 443 g/mol. The monoisotopic (exact) mass is 463 g/mol. The summed E-state index contributed by atoms with van der Waals surface area (Å²) in [6.07, 6.45) is -0.999. The molecule has 8 nitrogen and oxygen atoms in total. The largest absolute Gasteiger partial charge is 0.490 e. The summed E-state index contributed by atoms with van der Waals surface area (Å²) in [4.78, 5) is 17.7. The summed E-state index contributed by atoms with van der Waals surface area (Å²) >= 11 is 0. The molecule has 0 bridgehead atoms. The molecule has 1 aromatic heterocycles. The average molecular weight is 463 g/mol. The van der Waals surface area contributed by atoms with Crippen molar-refractivity contribution in [1.82, 2.24) is 9.97 Å². The molecule has 1 atom stereocenters. The van der Waals surface area contributed by atoms with Crippen LogP contribution in [0.2, 0.25) is 0 Å². The maximum atomic E-state index is 10.6. The number of carbonyl (C=O) groups is 1. The van der Waals surface area contributed by atoms with Crippen molar-refractivity contribution in [3.63, 3.8) is 0 Å². The van der Waals surface area contributed by atoms with Crippen molar-refractivity contribution >= 4 is 22.7 Å². The van der Waals surface area contributed by atoms with Crippen LogP contribution < -0.4 is 14.8 Å². The number of hydrogen-bond donors (Lipinski definition) is 2. The third-order valence-electron chi connectivity index (χ3n) is 5.10. The Bertz CT molecular complexity index is 1150. The highest BCUT2D eigenvalue weighted by Gasteiger charge is 2.38. The smallest absolute Gasteiger partial charge is 0.475 e. The molecule has 0 spiro atoms. The van der Waals surface area contributed by atoms with Crippen LogP contribution >= 0.6 is 0 Å². The number of halogens is 3. The highest BCUT2D eigenvalue weighted by molar-refractivity contribution is 5.92. The van der Waals surface area contributed by atoms with Crippen LogP contribution in [0.3, 0.4) is 0 Å². The van der Waals surface area contributed by atoms with E-state index in [0.29, 0.717) is 0 Å². The normalized spacial score (nSPS) is 16.9. The van der Waals surface area contributed by atoms with Gasteiger partial charge in [0, 0.05) is 18.5 Å². The first-order chi connectivity index (χ1) is 15.8. The van der Waals surface area contributed by atoms with Crippen molar-refractivity contribution < 1.29 is 37.3 Å². The number of hydrogen-bond acceptors (Lipinski definition) is 7. The Kier molecular flexibility index (Phi) is 6.50. The molecule has 3 heterocycles. The van der Waals surface area contributed by atoms with Gasteiger partial charge in [-0.05, 0) is 48.2 Å². The number of fused-ring (bicyclic) bond motifs is 2. The Morgan fingerprint density at radius 2 is 1.82 bits per heavy atom. The third-order valence-corrected chi connectivity index (χ3v) is 5.10. The molecule has 5 rings (SSSR count). The van der Waals surface area contributed by atoms with Gasteiger partial charge in [0.25, 0.3) is 0 Å². The van der Waals surface area contributed by atoms with E-state index in [1.165, 1.54) is 0 Å². The molecule has 2 aromatic carbocycles. The van der Waals surface area contributed by atoms with Crippen LogP contribution in [0.4, 0.5) is 19.0 Å². The van der Waals surface area contributed by atoms with E-state index in [1.807, 2.05) is 24.3 Å². The zero-order chi connectivity index (χ0) is 23.4. The van der Waals surface area contributed by atoms with Gasteiger partial charge in [0.2, 0.25) is 6.79 Å². The van der Waals surface area contributed by atoms with E-state index in [-0.39, 0.29) is 12.9 Å². The number of carboxylic acids is 1. The number of carboxylic acid groups (broad SMARTS) is 1. The lowest BCUT2D eigenvalue weighted by Gasteiger charge is -2.13. The molecule has 1 saturated heterocycles. The molecule has 2 N–H and O–H groups in total. The Hall–Kier alpha value is -3.60. The Morgan fingerprint density at radius 3 is 2.55 bits per heavy atom. The Morgan fingerprint density at radius 1 is 1.09 bits per heavy atom. The van der Waals surface area contributed by atoms with Crippen LogP contribution in [0.15, 0.2) is 42.7 Å². The number of anilines is 1. The average Bonchev–Trinajstić information content (AvgIpc) is 3.48. The van der Waals surface area contributed by atoms with E-state index >= 15 is 0 Å². The Balaban J connectivity index is 0.000000325. The molecule has 0 aliphatic carbocycles. The lowest BCUT2D eigenvalue weighted by Crippen LogP contribution is -2.21. The van der Waals surface area contributed by atoms with Crippen molar-refractivity contribution in [2.75, 3.05) is 25.3 Å². The minimum atomic E-state index is -5.08. The molecule has 174 valence electrons. The number of rotatable bonds is 4. The molecule has 33 heavy (non-hydrogen) atoms. The fourth-order valence-corrected chi connectivity index (χ4v) is 3.47. The summed E-state index contributed by atoms with van der Waals surface area (Å²) in [5.74, 6) is -0.346. The van der Waals surface area contributed by atoms with Gasteiger partial charge in [0.15, 0.2) is 11.5 Å². The summed E-state index contributed by atoms with van der Waals surface area (Å²) in [6, 6.07) is 12.2. The van der Waals surface area contributed by atoms with Gasteiger partial charge in [0.05, 0.1) is 11.6 Å². The van der Waals surface area contributed by atoms with Crippen molar-refractivity contribution in [1.29, 1.82) is 0 Å². The minimum absolute atomic E-state index is 0.261. The van der Waals surface area contributed by atoms with Crippen molar-refractivity contribution in [2.24, 2.45) is 0 Å². The topological polar surface area (TPSA) is 103 Å². The number of aromatic nitrogens is 2. The Labute approximate surface area is 186 Å². The molecule has 0 radical (unpaired) electrons. The standard InChI is InChI=1S/C20H19N3O3.C2HF3O2/c1-2-15(24-7-1)10-21-20-16-8-13(3-5-17(16)22-11-23-20)14-4-6-18-19(9-14)26-12-25-18;3-2(4,5)1(6)7/h3-6,8-9,11,15H,1-2,7,10,12H2,(H,21,22,23);(H,6,7)/t15-;/m0./s1. The number of nitrogens with one attached hydrogen (secondary N) is 1. The fraction of sp³-hybridized carbons (Fsp3) is 0.318. The lowest BCUT2D eigenvalue weighted by atomic mass is 10.0. The summed E-state index contributed by atoms with van der Waals surface area (Å²) in [6.45, 7) is 1.90. The number of alkyl halides is 3. The summed E-state index contributed by atoms with van der Waals surface area (Å²) in [7, 11) is 0. The van der Waals surface area contributed by atoms with Crippen molar-refractivity contribution in [2.45, 2.75) is 25.1 Å². The predicted molar refractivity (Wildman–Crippen MR) is 112 cm³/mol. The van der Waals surface area contributed by atoms with Crippen LogP contribution in [0, 0.1) is 0 Å². The molecule has 0 saturated carbocycles. The van der Waals surface area contributed by atoms with Gasteiger partial charge >= 0.3 is 12.1 Å². The molecular formula is C22H20F3N3O5. The maximum absolute atomic E-state index is 10.6. The summed E-state index contributed by atoms with van der Waals surface area (Å²) in [5, 5.41) is 11.6. The molecule has 0 amide bonds. The van der Waals surface area contributed by atoms with Gasteiger partial charge in [0.1, 0.15) is 12.1 Å². The van der Waals surface area contributed by atoms with Crippen molar-refractivity contribution in [3.05, 3.63) is 42.7 Å². The van der Waals surface area contributed by atoms with Crippen LogP contribution in [-0.4, -0.2) is 53.3 Å². The highest BCUT2D eigenvalue weighted by atomic mass is 19.4. The number of nitrogens with zero attached hydrogens (tertiary/aromatic N) is 2. The lowest BCUT2D eigenvalue weighted by molar-refractivity contribution is -0.192. The molecule has 0 unspecified atom stereocenters. The van der Waals surface area contributed by atoms with E-state index in [9.17, 15) is 13.2 Å². The van der Waals surface area contributed by atoms with E-state index in [2.05, 4.69) is 27.4 Å². The van der Waals surface area contributed by atoms with Gasteiger partial charge in [-0.2, -0.15) is 13.2 Å².